The quantitative estimate of drug-likeness (QED) is 0.735. The molecular weight excluding hydrogens is 248 g/mol. The molecule has 2 nitrogen and oxygen atoms in total. The topological polar surface area (TPSA) is 18.5 Å². The Kier molecular flexibility index (Phi) is 5.78. The van der Waals surface area contributed by atoms with Gasteiger partial charge in [-0.05, 0) is 18.1 Å². The fourth-order valence-electron chi connectivity index (χ4n) is 2.40. The molecule has 0 fully saturated rings. The van der Waals surface area contributed by atoms with Crippen LogP contribution in [0.1, 0.15) is 36.7 Å². The van der Waals surface area contributed by atoms with Crippen molar-refractivity contribution in [3.8, 4) is 0 Å². The Hall–Kier alpha value is -1.64. The third kappa shape index (κ3) is 3.92. The van der Waals surface area contributed by atoms with Crippen LogP contribution in [-0.4, -0.2) is 13.7 Å². The van der Waals surface area contributed by atoms with Crippen LogP contribution in [0.4, 0.5) is 0 Å². The number of hydrogen-bond donors (Lipinski definition) is 0. The summed E-state index contributed by atoms with van der Waals surface area (Å²) in [6, 6.07) is 20.6. The number of rotatable bonds is 7. The first kappa shape index (κ1) is 14.8. The normalized spacial score (nSPS) is 13.9. The third-order valence-corrected chi connectivity index (χ3v) is 3.42. The third-order valence-electron chi connectivity index (χ3n) is 3.42. The van der Waals surface area contributed by atoms with Crippen LogP contribution in [0.3, 0.4) is 0 Å². The molecule has 2 rings (SSSR count). The minimum atomic E-state index is 0.0490. The number of methoxy groups -OCH3 is 1. The molecule has 0 aliphatic heterocycles. The lowest BCUT2D eigenvalue weighted by Crippen LogP contribution is -2.11. The first-order valence-corrected chi connectivity index (χ1v) is 7.09. The summed E-state index contributed by atoms with van der Waals surface area (Å²) in [7, 11) is 1.76. The molecule has 0 N–H and O–H groups in total. The van der Waals surface area contributed by atoms with E-state index in [0.29, 0.717) is 6.61 Å². The maximum Gasteiger partial charge on any atom is 0.0852 e. The maximum atomic E-state index is 5.90. The molecule has 0 saturated heterocycles. The summed E-state index contributed by atoms with van der Waals surface area (Å²) < 4.78 is 11.6. The summed E-state index contributed by atoms with van der Waals surface area (Å²) in [5, 5.41) is 0. The highest BCUT2D eigenvalue weighted by atomic mass is 16.5. The summed E-state index contributed by atoms with van der Waals surface area (Å²) >= 11 is 0. The van der Waals surface area contributed by atoms with Crippen LogP contribution >= 0.6 is 0 Å². The van der Waals surface area contributed by atoms with Gasteiger partial charge in [-0.3, -0.25) is 0 Å². The lowest BCUT2D eigenvalue weighted by Gasteiger charge is -2.23. The van der Waals surface area contributed by atoms with Crippen LogP contribution < -0.4 is 0 Å². The summed E-state index contributed by atoms with van der Waals surface area (Å²) in [5.74, 6) is 0. The van der Waals surface area contributed by atoms with Gasteiger partial charge in [-0.1, -0.05) is 60.7 Å². The van der Waals surface area contributed by atoms with Crippen molar-refractivity contribution in [1.29, 1.82) is 0 Å². The van der Waals surface area contributed by atoms with Gasteiger partial charge in [0.2, 0.25) is 0 Å². The van der Waals surface area contributed by atoms with Crippen molar-refractivity contribution in [2.24, 2.45) is 0 Å². The fraction of sp³-hybridized carbons (Fsp3) is 0.333. The molecule has 2 aromatic rings. The molecule has 2 atom stereocenters. The van der Waals surface area contributed by atoms with E-state index >= 15 is 0 Å². The highest BCUT2D eigenvalue weighted by Gasteiger charge is 2.19. The molecule has 106 valence electrons. The zero-order chi connectivity index (χ0) is 14.2. The number of ether oxygens (including phenoxy) is 2. The van der Waals surface area contributed by atoms with Crippen molar-refractivity contribution in [3.63, 3.8) is 0 Å². The van der Waals surface area contributed by atoms with E-state index in [9.17, 15) is 0 Å². The average Bonchev–Trinajstić information content (AvgIpc) is 2.53. The van der Waals surface area contributed by atoms with Crippen LogP contribution in [0.15, 0.2) is 60.7 Å². The van der Waals surface area contributed by atoms with E-state index in [1.807, 2.05) is 43.3 Å². The standard InChI is InChI=1S/C18H22O2/c1-3-20-18(16-12-8-5-9-13-16)14-17(19-2)15-10-6-4-7-11-15/h4-13,17-18H,3,14H2,1-2H3. The zero-order valence-corrected chi connectivity index (χ0v) is 12.2. The van der Waals surface area contributed by atoms with Crippen molar-refractivity contribution in [3.05, 3.63) is 71.8 Å². The van der Waals surface area contributed by atoms with Crippen LogP contribution in [0.5, 0.6) is 0 Å². The highest BCUT2D eigenvalue weighted by Crippen LogP contribution is 2.31. The first-order chi connectivity index (χ1) is 9.85. The van der Waals surface area contributed by atoms with Crippen molar-refractivity contribution in [1.82, 2.24) is 0 Å². The molecule has 20 heavy (non-hydrogen) atoms. The van der Waals surface area contributed by atoms with E-state index in [2.05, 4.69) is 24.3 Å². The van der Waals surface area contributed by atoms with Gasteiger partial charge >= 0.3 is 0 Å². The Morgan fingerprint density at radius 3 is 1.75 bits per heavy atom. The van der Waals surface area contributed by atoms with Gasteiger partial charge in [0.1, 0.15) is 0 Å². The SMILES string of the molecule is CCOC(CC(OC)c1ccccc1)c1ccccc1. The van der Waals surface area contributed by atoms with Crippen molar-refractivity contribution >= 4 is 0 Å². The lowest BCUT2D eigenvalue weighted by molar-refractivity contribution is 0.00178. The van der Waals surface area contributed by atoms with E-state index in [1.54, 1.807) is 7.11 Å². The predicted molar refractivity (Wildman–Crippen MR) is 81.6 cm³/mol. The summed E-state index contributed by atoms with van der Waals surface area (Å²) in [4.78, 5) is 0. The van der Waals surface area contributed by atoms with E-state index < -0.39 is 0 Å². The fourth-order valence-corrected chi connectivity index (χ4v) is 2.40. The Morgan fingerprint density at radius 2 is 1.30 bits per heavy atom. The molecule has 2 unspecified atom stereocenters. The van der Waals surface area contributed by atoms with E-state index in [-0.39, 0.29) is 12.2 Å². The summed E-state index contributed by atoms with van der Waals surface area (Å²) in [6.07, 6.45) is 0.928. The van der Waals surface area contributed by atoms with Gasteiger partial charge in [-0.15, -0.1) is 0 Å². The van der Waals surface area contributed by atoms with Gasteiger partial charge in [-0.2, -0.15) is 0 Å². The minimum absolute atomic E-state index is 0.0490. The molecule has 0 aromatic heterocycles. The van der Waals surface area contributed by atoms with Crippen LogP contribution in [0.25, 0.3) is 0 Å². The van der Waals surface area contributed by atoms with Gasteiger partial charge < -0.3 is 9.47 Å². The molecule has 0 heterocycles. The second-order valence-electron chi connectivity index (χ2n) is 4.73. The molecule has 0 saturated carbocycles. The largest absolute Gasteiger partial charge is 0.377 e. The van der Waals surface area contributed by atoms with Crippen LogP contribution in [0, 0.1) is 0 Å². The van der Waals surface area contributed by atoms with E-state index in [0.717, 1.165) is 6.42 Å². The summed E-state index contributed by atoms with van der Waals surface area (Å²) in [5.41, 5.74) is 2.39. The number of hydrogen-bond acceptors (Lipinski definition) is 2. The van der Waals surface area contributed by atoms with E-state index in [4.69, 9.17) is 9.47 Å². The highest BCUT2D eigenvalue weighted by molar-refractivity contribution is 5.21. The second-order valence-corrected chi connectivity index (χ2v) is 4.73. The smallest absolute Gasteiger partial charge is 0.0852 e. The van der Waals surface area contributed by atoms with Gasteiger partial charge in [0, 0.05) is 20.1 Å². The Balaban J connectivity index is 2.14. The summed E-state index contributed by atoms with van der Waals surface area (Å²) in [6.45, 7) is 2.73. The molecule has 0 amide bonds. The number of benzene rings is 2. The Bertz CT molecular complexity index is 481. The maximum absolute atomic E-state index is 5.90. The van der Waals surface area contributed by atoms with Gasteiger partial charge in [-0.25, -0.2) is 0 Å². The molecule has 2 heteroatoms. The van der Waals surface area contributed by atoms with Crippen molar-refractivity contribution in [2.45, 2.75) is 25.6 Å². The lowest BCUT2D eigenvalue weighted by atomic mass is 9.98. The van der Waals surface area contributed by atoms with Gasteiger partial charge in [0.15, 0.2) is 0 Å². The Labute approximate surface area is 121 Å². The predicted octanol–water partition coefficient (Wildman–Crippen LogP) is 4.54. The van der Waals surface area contributed by atoms with Gasteiger partial charge in [0.05, 0.1) is 12.2 Å². The molecule has 0 spiro atoms. The molecule has 0 aliphatic rings. The zero-order valence-electron chi connectivity index (χ0n) is 12.2. The Morgan fingerprint density at radius 1 is 0.800 bits per heavy atom. The van der Waals surface area contributed by atoms with E-state index in [1.165, 1.54) is 11.1 Å². The molecule has 2 aromatic carbocycles. The molecular formula is C18H22O2. The molecule has 0 radical (unpaired) electrons. The molecule has 0 bridgehead atoms. The molecule has 0 aliphatic carbocycles. The van der Waals surface area contributed by atoms with Gasteiger partial charge in [0.25, 0.3) is 0 Å². The second kappa shape index (κ2) is 7.83. The monoisotopic (exact) mass is 270 g/mol. The first-order valence-electron chi connectivity index (χ1n) is 7.09. The minimum Gasteiger partial charge on any atom is -0.377 e. The average molecular weight is 270 g/mol. The van der Waals surface area contributed by atoms with Crippen molar-refractivity contribution in [2.75, 3.05) is 13.7 Å². The van der Waals surface area contributed by atoms with Crippen molar-refractivity contribution < 1.29 is 9.47 Å². The van der Waals surface area contributed by atoms with Crippen LogP contribution in [-0.2, 0) is 9.47 Å². The van der Waals surface area contributed by atoms with Crippen LogP contribution in [0.2, 0.25) is 0 Å².